The molecule has 25 heavy (non-hydrogen) atoms. The van der Waals surface area contributed by atoms with Crippen molar-refractivity contribution in [3.63, 3.8) is 0 Å². The van der Waals surface area contributed by atoms with Crippen LogP contribution in [0.25, 0.3) is 0 Å². The van der Waals surface area contributed by atoms with Crippen molar-refractivity contribution < 1.29 is 18.4 Å². The molecular formula is C17H20BrN3O4. The van der Waals surface area contributed by atoms with Crippen molar-refractivity contribution in [1.29, 1.82) is 0 Å². The van der Waals surface area contributed by atoms with E-state index in [4.69, 9.17) is 8.83 Å². The van der Waals surface area contributed by atoms with Gasteiger partial charge in [0.25, 0.3) is 5.91 Å². The molecule has 0 bridgehead atoms. The van der Waals surface area contributed by atoms with Crippen molar-refractivity contribution in [2.75, 3.05) is 26.2 Å². The Labute approximate surface area is 153 Å². The van der Waals surface area contributed by atoms with E-state index in [1.165, 1.54) is 6.07 Å². The summed E-state index contributed by atoms with van der Waals surface area (Å²) in [7, 11) is 0. The van der Waals surface area contributed by atoms with Gasteiger partial charge in [-0.3, -0.25) is 14.5 Å². The van der Waals surface area contributed by atoms with Gasteiger partial charge in [-0.15, -0.1) is 0 Å². The highest BCUT2D eigenvalue weighted by Crippen LogP contribution is 2.24. The van der Waals surface area contributed by atoms with Gasteiger partial charge in [-0.2, -0.15) is 0 Å². The first-order valence-corrected chi connectivity index (χ1v) is 9.00. The number of nitrogens with one attached hydrogen (secondary N) is 2. The molecule has 2 aromatic rings. The minimum atomic E-state index is -0.428. The van der Waals surface area contributed by atoms with Crippen LogP contribution in [0.15, 0.2) is 44.0 Å². The number of likely N-dealkylation sites (tertiary alicyclic amines) is 1. The summed E-state index contributed by atoms with van der Waals surface area (Å²) >= 11 is 3.13. The number of carbonyl (C=O) groups is 2. The molecule has 2 N–H and O–H groups in total. The van der Waals surface area contributed by atoms with E-state index < -0.39 is 5.91 Å². The maximum absolute atomic E-state index is 12.1. The summed E-state index contributed by atoms with van der Waals surface area (Å²) in [6, 6.07) is 6.95. The number of nitrogens with zero attached hydrogens (tertiary/aromatic N) is 1. The van der Waals surface area contributed by atoms with Crippen LogP contribution in [0.4, 0.5) is 0 Å². The van der Waals surface area contributed by atoms with E-state index in [1.807, 2.05) is 12.1 Å². The fourth-order valence-corrected chi connectivity index (χ4v) is 3.21. The normalized spacial score (nSPS) is 15.9. The minimum Gasteiger partial charge on any atom is -0.468 e. The Kier molecular flexibility index (Phi) is 5.93. The lowest BCUT2D eigenvalue weighted by atomic mass is 10.2. The van der Waals surface area contributed by atoms with Gasteiger partial charge in [0.1, 0.15) is 5.76 Å². The molecule has 0 spiro atoms. The predicted octanol–water partition coefficient (Wildman–Crippen LogP) is 2.32. The number of amides is 2. The molecule has 1 atom stereocenters. The Balaban J connectivity index is 1.49. The molecule has 1 fully saturated rings. The summed E-state index contributed by atoms with van der Waals surface area (Å²) in [4.78, 5) is 26.2. The van der Waals surface area contributed by atoms with E-state index >= 15 is 0 Å². The highest BCUT2D eigenvalue weighted by Gasteiger charge is 2.26. The number of halogens is 1. The van der Waals surface area contributed by atoms with E-state index in [9.17, 15) is 9.59 Å². The first kappa shape index (κ1) is 17.8. The van der Waals surface area contributed by atoms with Crippen LogP contribution in [0.1, 0.15) is 35.2 Å². The third-order valence-corrected chi connectivity index (χ3v) is 4.58. The van der Waals surface area contributed by atoms with E-state index in [0.29, 0.717) is 11.2 Å². The molecule has 0 saturated carbocycles. The Morgan fingerprint density at radius 1 is 1.20 bits per heavy atom. The van der Waals surface area contributed by atoms with Crippen LogP contribution in [-0.2, 0) is 4.79 Å². The predicted molar refractivity (Wildman–Crippen MR) is 94.0 cm³/mol. The SMILES string of the molecule is O=C(CNC(=O)c1ccc(Br)o1)NC[C@@H](c1ccco1)N1CCCC1. The molecule has 2 amide bonds. The third kappa shape index (κ3) is 4.73. The van der Waals surface area contributed by atoms with Gasteiger partial charge in [0.15, 0.2) is 10.4 Å². The summed E-state index contributed by atoms with van der Waals surface area (Å²) in [5.74, 6) is 0.314. The lowest BCUT2D eigenvalue weighted by molar-refractivity contribution is -0.120. The van der Waals surface area contributed by atoms with Gasteiger partial charge in [0.2, 0.25) is 5.91 Å². The van der Waals surface area contributed by atoms with Gasteiger partial charge in [-0.05, 0) is 66.1 Å². The first-order chi connectivity index (χ1) is 12.1. The van der Waals surface area contributed by atoms with Crippen molar-refractivity contribution in [3.05, 3.63) is 46.7 Å². The fourth-order valence-electron chi connectivity index (χ4n) is 2.90. The molecule has 0 aromatic carbocycles. The molecule has 0 radical (unpaired) electrons. The Bertz CT molecular complexity index is 707. The molecule has 1 saturated heterocycles. The maximum atomic E-state index is 12.1. The van der Waals surface area contributed by atoms with Crippen LogP contribution in [0.3, 0.4) is 0 Å². The molecule has 8 heteroatoms. The highest BCUT2D eigenvalue weighted by atomic mass is 79.9. The average molecular weight is 410 g/mol. The number of hydrogen-bond acceptors (Lipinski definition) is 5. The maximum Gasteiger partial charge on any atom is 0.287 e. The van der Waals surface area contributed by atoms with Crippen LogP contribution in [0.2, 0.25) is 0 Å². The minimum absolute atomic E-state index is 0.0122. The van der Waals surface area contributed by atoms with Gasteiger partial charge >= 0.3 is 0 Å². The van der Waals surface area contributed by atoms with Gasteiger partial charge in [-0.1, -0.05) is 0 Å². The second-order valence-corrected chi connectivity index (χ2v) is 6.65. The van der Waals surface area contributed by atoms with Crippen LogP contribution >= 0.6 is 15.9 Å². The van der Waals surface area contributed by atoms with Crippen molar-refractivity contribution in [3.8, 4) is 0 Å². The largest absolute Gasteiger partial charge is 0.468 e. The highest BCUT2D eigenvalue weighted by molar-refractivity contribution is 9.10. The zero-order valence-corrected chi connectivity index (χ0v) is 15.3. The van der Waals surface area contributed by atoms with E-state index in [1.54, 1.807) is 12.3 Å². The number of carbonyl (C=O) groups excluding carboxylic acids is 2. The summed E-state index contributed by atoms with van der Waals surface area (Å²) in [5, 5.41) is 5.40. The summed E-state index contributed by atoms with van der Waals surface area (Å²) < 4.78 is 11.1. The second kappa shape index (κ2) is 8.35. The molecular weight excluding hydrogens is 390 g/mol. The van der Waals surface area contributed by atoms with E-state index in [2.05, 4.69) is 31.5 Å². The molecule has 3 rings (SSSR count). The third-order valence-electron chi connectivity index (χ3n) is 4.15. The average Bonchev–Trinajstić information content (AvgIpc) is 3.35. The first-order valence-electron chi connectivity index (χ1n) is 8.21. The van der Waals surface area contributed by atoms with Gasteiger partial charge in [-0.25, -0.2) is 0 Å². The monoisotopic (exact) mass is 409 g/mol. The van der Waals surface area contributed by atoms with Gasteiger partial charge in [0.05, 0.1) is 18.8 Å². The zero-order chi connectivity index (χ0) is 17.6. The van der Waals surface area contributed by atoms with Crippen molar-refractivity contribution >= 4 is 27.7 Å². The van der Waals surface area contributed by atoms with Crippen LogP contribution in [0.5, 0.6) is 0 Å². The quantitative estimate of drug-likeness (QED) is 0.732. The van der Waals surface area contributed by atoms with Crippen molar-refractivity contribution in [2.24, 2.45) is 0 Å². The number of hydrogen-bond donors (Lipinski definition) is 2. The summed E-state index contributed by atoms with van der Waals surface area (Å²) in [6.07, 6.45) is 3.95. The van der Waals surface area contributed by atoms with Gasteiger partial charge < -0.3 is 19.5 Å². The summed E-state index contributed by atoms with van der Waals surface area (Å²) in [6.45, 7) is 2.31. The van der Waals surface area contributed by atoms with E-state index in [0.717, 1.165) is 31.7 Å². The van der Waals surface area contributed by atoms with Crippen LogP contribution < -0.4 is 10.6 Å². The van der Waals surface area contributed by atoms with Crippen molar-refractivity contribution in [2.45, 2.75) is 18.9 Å². The lowest BCUT2D eigenvalue weighted by Gasteiger charge is -2.26. The number of rotatable bonds is 7. The Morgan fingerprint density at radius 3 is 2.64 bits per heavy atom. The Morgan fingerprint density at radius 2 is 2.00 bits per heavy atom. The lowest BCUT2D eigenvalue weighted by Crippen LogP contribution is -2.41. The summed E-state index contributed by atoms with van der Waals surface area (Å²) in [5.41, 5.74) is 0. The standard InChI is InChI=1S/C17H20BrN3O4/c18-15-6-5-14(25-15)17(23)20-11-16(22)19-10-12(13-4-3-9-24-13)21-7-1-2-8-21/h3-6,9,12H,1-2,7-8,10-11H2,(H,19,22)(H,20,23)/t12-/m0/s1. The zero-order valence-electron chi connectivity index (χ0n) is 13.7. The molecule has 1 aliphatic heterocycles. The molecule has 134 valence electrons. The molecule has 0 unspecified atom stereocenters. The molecule has 7 nitrogen and oxygen atoms in total. The number of furan rings is 2. The molecule has 0 aliphatic carbocycles. The second-order valence-electron chi connectivity index (χ2n) is 5.86. The smallest absolute Gasteiger partial charge is 0.287 e. The topological polar surface area (TPSA) is 87.7 Å². The molecule has 3 heterocycles. The fraction of sp³-hybridized carbons (Fsp3) is 0.412. The molecule has 2 aromatic heterocycles. The van der Waals surface area contributed by atoms with Crippen LogP contribution in [-0.4, -0.2) is 42.9 Å². The molecule has 1 aliphatic rings. The van der Waals surface area contributed by atoms with Gasteiger partial charge in [0, 0.05) is 6.54 Å². The van der Waals surface area contributed by atoms with Crippen LogP contribution in [0, 0.1) is 0 Å². The van der Waals surface area contributed by atoms with Crippen molar-refractivity contribution in [1.82, 2.24) is 15.5 Å². The Hall–Kier alpha value is -2.06. The van der Waals surface area contributed by atoms with E-state index in [-0.39, 0.29) is 24.3 Å².